The van der Waals surface area contributed by atoms with E-state index in [0.717, 1.165) is 17.1 Å². The summed E-state index contributed by atoms with van der Waals surface area (Å²) in [5.74, 6) is -0.996. The van der Waals surface area contributed by atoms with Crippen LogP contribution in [0.15, 0.2) is 5.38 Å². The van der Waals surface area contributed by atoms with Gasteiger partial charge in [-0.25, -0.2) is 4.98 Å². The van der Waals surface area contributed by atoms with Gasteiger partial charge < -0.3 is 10.4 Å². The fourth-order valence-corrected chi connectivity index (χ4v) is 2.07. The Labute approximate surface area is 104 Å². The first-order chi connectivity index (χ1) is 8.11. The average Bonchev–Trinajstić information content (AvgIpc) is 2.73. The van der Waals surface area contributed by atoms with E-state index in [-0.39, 0.29) is 18.7 Å². The van der Waals surface area contributed by atoms with E-state index in [2.05, 4.69) is 10.3 Å². The van der Waals surface area contributed by atoms with Gasteiger partial charge in [-0.1, -0.05) is 6.92 Å². The normalized spacial score (nSPS) is 10.2. The number of nitrogens with zero attached hydrogens (tertiary/aromatic N) is 1. The summed E-state index contributed by atoms with van der Waals surface area (Å²) in [5, 5.41) is 14.0. The molecule has 0 atom stereocenters. The molecule has 0 saturated carbocycles. The molecule has 0 spiro atoms. The lowest BCUT2D eigenvalue weighted by atomic mass is 10.2. The zero-order valence-electron chi connectivity index (χ0n) is 9.73. The summed E-state index contributed by atoms with van der Waals surface area (Å²) in [6, 6.07) is 0. The van der Waals surface area contributed by atoms with Crippen LogP contribution in [0.2, 0.25) is 0 Å². The highest BCUT2D eigenvalue weighted by Crippen LogP contribution is 2.09. The largest absolute Gasteiger partial charge is 0.481 e. The maximum atomic E-state index is 11.3. The minimum Gasteiger partial charge on any atom is -0.481 e. The number of nitrogens with one attached hydrogen (secondary N) is 1. The molecule has 0 aliphatic rings. The van der Waals surface area contributed by atoms with Gasteiger partial charge in [0.15, 0.2) is 0 Å². The minimum absolute atomic E-state index is 0.0324. The van der Waals surface area contributed by atoms with Gasteiger partial charge in [0.2, 0.25) is 5.91 Å². The Morgan fingerprint density at radius 3 is 2.82 bits per heavy atom. The summed E-state index contributed by atoms with van der Waals surface area (Å²) in [6.45, 7) is 2.46. The van der Waals surface area contributed by atoms with Gasteiger partial charge in [0.25, 0.3) is 0 Å². The van der Waals surface area contributed by atoms with Crippen LogP contribution in [0.25, 0.3) is 0 Å². The van der Waals surface area contributed by atoms with Crippen LogP contribution in [-0.4, -0.2) is 22.0 Å². The highest BCUT2D eigenvalue weighted by atomic mass is 32.1. The van der Waals surface area contributed by atoms with Crippen LogP contribution in [0, 0.1) is 0 Å². The van der Waals surface area contributed by atoms with Crippen LogP contribution in [0.3, 0.4) is 0 Å². The van der Waals surface area contributed by atoms with Crippen molar-refractivity contribution in [3.8, 4) is 0 Å². The number of carboxylic acids is 1. The van der Waals surface area contributed by atoms with Crippen molar-refractivity contribution in [2.75, 3.05) is 0 Å². The SMILES string of the molecule is CCc1csc(CNC(=O)CCCC(=O)O)n1. The molecule has 5 nitrogen and oxygen atoms in total. The van der Waals surface area contributed by atoms with E-state index in [9.17, 15) is 9.59 Å². The molecule has 6 heteroatoms. The molecular weight excluding hydrogens is 240 g/mol. The number of aliphatic carboxylic acids is 1. The number of aryl methyl sites for hydroxylation is 1. The van der Waals surface area contributed by atoms with E-state index in [1.807, 2.05) is 12.3 Å². The number of carbonyl (C=O) groups is 2. The lowest BCUT2D eigenvalue weighted by Crippen LogP contribution is -2.22. The zero-order valence-corrected chi connectivity index (χ0v) is 10.5. The predicted molar refractivity (Wildman–Crippen MR) is 64.8 cm³/mol. The second-order valence-electron chi connectivity index (χ2n) is 3.61. The number of aromatic nitrogens is 1. The van der Waals surface area contributed by atoms with E-state index in [0.29, 0.717) is 13.0 Å². The maximum absolute atomic E-state index is 11.3. The summed E-state index contributed by atoms with van der Waals surface area (Å²) in [4.78, 5) is 25.9. The first-order valence-electron chi connectivity index (χ1n) is 5.53. The van der Waals surface area contributed by atoms with Crippen molar-refractivity contribution in [3.63, 3.8) is 0 Å². The van der Waals surface area contributed by atoms with Crippen molar-refractivity contribution in [1.82, 2.24) is 10.3 Å². The number of amides is 1. The second kappa shape index (κ2) is 7.01. The van der Waals surface area contributed by atoms with Crippen LogP contribution in [-0.2, 0) is 22.6 Å². The van der Waals surface area contributed by atoms with Crippen LogP contribution in [0.1, 0.15) is 36.9 Å². The van der Waals surface area contributed by atoms with Gasteiger partial charge in [0.05, 0.1) is 12.2 Å². The molecule has 0 aliphatic heterocycles. The first-order valence-corrected chi connectivity index (χ1v) is 6.41. The molecule has 0 radical (unpaired) electrons. The molecule has 0 bridgehead atoms. The van der Waals surface area contributed by atoms with Crippen molar-refractivity contribution in [2.45, 2.75) is 39.2 Å². The zero-order chi connectivity index (χ0) is 12.7. The van der Waals surface area contributed by atoms with Gasteiger partial charge in [-0.2, -0.15) is 0 Å². The van der Waals surface area contributed by atoms with Crippen LogP contribution >= 0.6 is 11.3 Å². The quantitative estimate of drug-likeness (QED) is 0.776. The van der Waals surface area contributed by atoms with Crippen LogP contribution in [0.5, 0.6) is 0 Å². The standard InChI is InChI=1S/C11H16N2O3S/c1-2-8-7-17-10(13-8)6-12-9(14)4-3-5-11(15)16/h7H,2-6H2,1H3,(H,12,14)(H,15,16). The monoisotopic (exact) mass is 256 g/mol. The summed E-state index contributed by atoms with van der Waals surface area (Å²) >= 11 is 1.52. The van der Waals surface area contributed by atoms with E-state index in [4.69, 9.17) is 5.11 Å². The topological polar surface area (TPSA) is 79.3 Å². The summed E-state index contributed by atoms with van der Waals surface area (Å²) in [7, 11) is 0. The Bertz CT molecular complexity index is 390. The molecule has 1 aromatic rings. The Kier molecular flexibility index (Phi) is 5.62. The molecule has 0 fully saturated rings. The molecule has 17 heavy (non-hydrogen) atoms. The number of thiazole rings is 1. The fourth-order valence-electron chi connectivity index (χ4n) is 1.26. The maximum Gasteiger partial charge on any atom is 0.303 e. The molecular formula is C11H16N2O3S. The third-order valence-electron chi connectivity index (χ3n) is 2.19. The van der Waals surface area contributed by atoms with E-state index in [1.165, 1.54) is 11.3 Å². The van der Waals surface area contributed by atoms with Gasteiger partial charge in [0, 0.05) is 18.2 Å². The van der Waals surface area contributed by atoms with Crippen LogP contribution < -0.4 is 5.32 Å². The Balaban J connectivity index is 2.21. The van der Waals surface area contributed by atoms with Gasteiger partial charge >= 0.3 is 5.97 Å². The summed E-state index contributed by atoms with van der Waals surface area (Å²) in [5.41, 5.74) is 1.03. The molecule has 0 saturated heterocycles. The smallest absolute Gasteiger partial charge is 0.303 e. The van der Waals surface area contributed by atoms with Gasteiger partial charge in [-0.05, 0) is 12.8 Å². The first kappa shape index (κ1) is 13.6. The lowest BCUT2D eigenvalue weighted by molar-refractivity contribution is -0.137. The Morgan fingerprint density at radius 1 is 1.47 bits per heavy atom. The molecule has 1 amide bonds. The number of hydrogen-bond acceptors (Lipinski definition) is 4. The van der Waals surface area contributed by atoms with Gasteiger partial charge in [-0.3, -0.25) is 9.59 Å². The van der Waals surface area contributed by atoms with Crippen molar-refractivity contribution >= 4 is 23.2 Å². The molecule has 1 rings (SSSR count). The number of carbonyl (C=O) groups excluding carboxylic acids is 1. The van der Waals surface area contributed by atoms with Gasteiger partial charge in [-0.15, -0.1) is 11.3 Å². The molecule has 0 unspecified atom stereocenters. The fraction of sp³-hybridized carbons (Fsp3) is 0.545. The van der Waals surface area contributed by atoms with E-state index < -0.39 is 5.97 Å². The highest BCUT2D eigenvalue weighted by Gasteiger charge is 2.05. The van der Waals surface area contributed by atoms with Crippen LogP contribution in [0.4, 0.5) is 0 Å². The molecule has 2 N–H and O–H groups in total. The summed E-state index contributed by atoms with van der Waals surface area (Å²) < 4.78 is 0. The van der Waals surface area contributed by atoms with E-state index >= 15 is 0 Å². The molecule has 0 aromatic carbocycles. The number of carboxylic acid groups (broad SMARTS) is 1. The molecule has 1 heterocycles. The number of rotatable bonds is 7. The van der Waals surface area contributed by atoms with Crippen molar-refractivity contribution in [1.29, 1.82) is 0 Å². The highest BCUT2D eigenvalue weighted by molar-refractivity contribution is 7.09. The third-order valence-corrected chi connectivity index (χ3v) is 3.09. The van der Waals surface area contributed by atoms with Crippen molar-refractivity contribution in [2.24, 2.45) is 0 Å². The minimum atomic E-state index is -0.870. The molecule has 94 valence electrons. The van der Waals surface area contributed by atoms with Crippen molar-refractivity contribution in [3.05, 3.63) is 16.1 Å². The Hall–Kier alpha value is -1.43. The van der Waals surface area contributed by atoms with E-state index in [1.54, 1.807) is 0 Å². The average molecular weight is 256 g/mol. The molecule has 1 aromatic heterocycles. The third kappa shape index (κ3) is 5.44. The predicted octanol–water partition coefficient (Wildman–Crippen LogP) is 1.58. The van der Waals surface area contributed by atoms with Gasteiger partial charge in [0.1, 0.15) is 5.01 Å². The summed E-state index contributed by atoms with van der Waals surface area (Å²) in [6.07, 6.45) is 1.55. The molecule has 0 aliphatic carbocycles. The van der Waals surface area contributed by atoms with Crippen molar-refractivity contribution < 1.29 is 14.7 Å². The number of hydrogen-bond donors (Lipinski definition) is 2. The Morgan fingerprint density at radius 2 is 2.24 bits per heavy atom. The lowest BCUT2D eigenvalue weighted by Gasteiger charge is -2.01. The second-order valence-corrected chi connectivity index (χ2v) is 4.55.